The van der Waals surface area contributed by atoms with Gasteiger partial charge in [-0.2, -0.15) is 0 Å². The lowest BCUT2D eigenvalue weighted by Crippen LogP contribution is -2.61. The van der Waals surface area contributed by atoms with Crippen LogP contribution in [0.15, 0.2) is 35.6 Å². The lowest BCUT2D eigenvalue weighted by Gasteiger charge is -2.44. The molecule has 1 aliphatic heterocycles. The first-order valence-corrected chi connectivity index (χ1v) is 13.1. The molecule has 13 nitrogen and oxygen atoms in total. The number of hydrogen-bond donors (Lipinski definition) is 1. The predicted octanol–water partition coefficient (Wildman–Crippen LogP) is 2.45. The molecule has 40 heavy (non-hydrogen) atoms. The lowest BCUT2D eigenvalue weighted by atomic mass is 9.99. The van der Waals surface area contributed by atoms with Crippen molar-refractivity contribution in [1.29, 1.82) is 0 Å². The zero-order chi connectivity index (χ0) is 29.6. The van der Waals surface area contributed by atoms with E-state index in [0.29, 0.717) is 11.1 Å². The van der Waals surface area contributed by atoms with Crippen molar-refractivity contribution in [2.45, 2.75) is 70.9 Å². The van der Waals surface area contributed by atoms with E-state index in [0.717, 1.165) is 37.9 Å². The molecule has 0 saturated carbocycles. The van der Waals surface area contributed by atoms with Crippen molar-refractivity contribution in [3.05, 3.63) is 36.0 Å². The molecule has 0 bridgehead atoms. The van der Waals surface area contributed by atoms with Crippen LogP contribution in [0.2, 0.25) is 0 Å². The van der Waals surface area contributed by atoms with Crippen LogP contribution in [0.25, 0.3) is 10.9 Å². The minimum atomic E-state index is -1.35. The van der Waals surface area contributed by atoms with Crippen molar-refractivity contribution in [3.8, 4) is 0 Å². The molecule has 0 amide bonds. The van der Waals surface area contributed by atoms with E-state index in [-0.39, 0.29) is 24.0 Å². The van der Waals surface area contributed by atoms with Crippen LogP contribution < -0.4 is 0 Å². The Morgan fingerprint density at radius 2 is 1.50 bits per heavy atom. The SMILES string of the molecule is CC(=O)OCC1OC(S/C(Cc2cn(C(C)=O)c3ccccc23)=N\O)C(OC(C)=O)C(OC(C)=O)C1OC(C)=O. The number of carbonyl (C=O) groups excluding carboxylic acids is 5. The first-order valence-electron chi connectivity index (χ1n) is 12.2. The van der Waals surface area contributed by atoms with Gasteiger partial charge in [-0.25, -0.2) is 0 Å². The Kier molecular flexibility index (Phi) is 10.3. The van der Waals surface area contributed by atoms with Gasteiger partial charge in [-0.3, -0.25) is 28.5 Å². The number of esters is 4. The fraction of sp³-hybridized carbons (Fsp3) is 0.462. The molecule has 216 valence electrons. The zero-order valence-electron chi connectivity index (χ0n) is 22.5. The van der Waals surface area contributed by atoms with Gasteiger partial charge >= 0.3 is 23.9 Å². The molecule has 1 saturated heterocycles. The Hall–Kier alpha value is -3.91. The van der Waals surface area contributed by atoms with Gasteiger partial charge in [0.05, 0.1) is 5.52 Å². The first-order chi connectivity index (χ1) is 18.9. The predicted molar refractivity (Wildman–Crippen MR) is 141 cm³/mol. The number of aromatic nitrogens is 1. The van der Waals surface area contributed by atoms with Crippen LogP contribution in [-0.2, 0) is 49.3 Å². The van der Waals surface area contributed by atoms with E-state index >= 15 is 0 Å². The summed E-state index contributed by atoms with van der Waals surface area (Å²) in [4.78, 5) is 59.7. The standard InChI is InChI=1S/C26H30N2O11S/c1-13(29)28-11-18(19-8-6-7-9-20(19)28)10-22(27-34)40-26-25(38-17(5)33)24(37-16(4)32)23(36-15(3)31)21(39-26)12-35-14(2)30/h6-9,11,21,23-26,34H,10,12H2,1-5H3/b27-22-. The molecule has 2 heterocycles. The molecule has 2 aromatic rings. The normalized spacial score (nSPS) is 22.8. The number of para-hydroxylation sites is 1. The van der Waals surface area contributed by atoms with Crippen LogP contribution in [0.1, 0.15) is 45.0 Å². The van der Waals surface area contributed by atoms with E-state index in [1.807, 2.05) is 6.07 Å². The molecule has 14 heteroatoms. The van der Waals surface area contributed by atoms with Crippen LogP contribution in [0.4, 0.5) is 0 Å². The fourth-order valence-corrected chi connectivity index (χ4v) is 5.43. The maximum atomic E-state index is 12.2. The minimum Gasteiger partial charge on any atom is -0.463 e. The van der Waals surface area contributed by atoms with Crippen LogP contribution in [0.5, 0.6) is 0 Å². The molecule has 1 aromatic heterocycles. The smallest absolute Gasteiger partial charge is 0.303 e. The Labute approximate surface area is 233 Å². The number of benzene rings is 1. The molecular weight excluding hydrogens is 548 g/mol. The molecule has 1 aliphatic rings. The highest BCUT2D eigenvalue weighted by Gasteiger charge is 2.52. The van der Waals surface area contributed by atoms with E-state index in [2.05, 4.69) is 5.16 Å². The van der Waals surface area contributed by atoms with E-state index in [9.17, 15) is 29.2 Å². The largest absolute Gasteiger partial charge is 0.463 e. The van der Waals surface area contributed by atoms with E-state index in [1.165, 1.54) is 18.4 Å². The van der Waals surface area contributed by atoms with Crippen LogP contribution in [0, 0.1) is 0 Å². The van der Waals surface area contributed by atoms with Crippen molar-refractivity contribution >= 4 is 57.5 Å². The van der Waals surface area contributed by atoms with Gasteiger partial charge in [-0.1, -0.05) is 35.1 Å². The summed E-state index contributed by atoms with van der Waals surface area (Å²) in [7, 11) is 0. The molecule has 0 spiro atoms. The van der Waals surface area contributed by atoms with Crippen molar-refractivity contribution in [1.82, 2.24) is 4.57 Å². The number of carbonyl (C=O) groups is 5. The zero-order valence-corrected chi connectivity index (χ0v) is 23.3. The number of thioether (sulfide) groups is 1. The summed E-state index contributed by atoms with van der Waals surface area (Å²) in [6, 6.07) is 7.19. The molecule has 1 aromatic carbocycles. The van der Waals surface area contributed by atoms with E-state index in [4.69, 9.17) is 23.7 Å². The van der Waals surface area contributed by atoms with Gasteiger partial charge < -0.3 is 28.9 Å². The maximum Gasteiger partial charge on any atom is 0.303 e. The van der Waals surface area contributed by atoms with Crippen molar-refractivity contribution < 1.29 is 52.9 Å². The molecular formula is C26H30N2O11S. The second-order valence-corrected chi connectivity index (χ2v) is 10.1. The van der Waals surface area contributed by atoms with Crippen LogP contribution in [0.3, 0.4) is 0 Å². The average Bonchev–Trinajstić information content (AvgIpc) is 3.23. The van der Waals surface area contributed by atoms with Crippen molar-refractivity contribution in [2.24, 2.45) is 5.16 Å². The Bertz CT molecular complexity index is 1320. The van der Waals surface area contributed by atoms with Gasteiger partial charge in [-0.05, 0) is 11.6 Å². The topological polar surface area (TPSA) is 169 Å². The Morgan fingerprint density at radius 1 is 0.900 bits per heavy atom. The van der Waals surface area contributed by atoms with Gasteiger partial charge in [0.1, 0.15) is 23.2 Å². The maximum absolute atomic E-state index is 12.2. The molecule has 1 N–H and O–H groups in total. The number of ether oxygens (including phenoxy) is 5. The number of nitrogens with zero attached hydrogens (tertiary/aromatic N) is 2. The van der Waals surface area contributed by atoms with Gasteiger partial charge in [0, 0.05) is 52.6 Å². The lowest BCUT2D eigenvalue weighted by molar-refractivity contribution is -0.237. The van der Waals surface area contributed by atoms with Gasteiger partial charge in [0.15, 0.2) is 18.3 Å². The number of hydrogen-bond acceptors (Lipinski definition) is 13. The second-order valence-electron chi connectivity index (χ2n) is 8.92. The highest BCUT2D eigenvalue weighted by atomic mass is 32.2. The Balaban J connectivity index is 1.99. The summed E-state index contributed by atoms with van der Waals surface area (Å²) in [5, 5.41) is 14.2. The number of rotatable bonds is 8. The summed E-state index contributed by atoms with van der Waals surface area (Å²) < 4.78 is 28.9. The third-order valence-corrected chi connectivity index (χ3v) is 6.90. The third-order valence-electron chi connectivity index (χ3n) is 5.79. The highest BCUT2D eigenvalue weighted by molar-refractivity contribution is 8.14. The summed E-state index contributed by atoms with van der Waals surface area (Å²) in [5.41, 5.74) is 0.170. The molecule has 3 rings (SSSR count). The summed E-state index contributed by atoms with van der Waals surface area (Å²) >= 11 is 0.861. The molecule has 0 aliphatic carbocycles. The quantitative estimate of drug-likeness (QED) is 0.121. The summed E-state index contributed by atoms with van der Waals surface area (Å²) in [6.07, 6.45) is -3.43. The highest BCUT2D eigenvalue weighted by Crippen LogP contribution is 2.36. The van der Waals surface area contributed by atoms with E-state index < -0.39 is 53.7 Å². The monoisotopic (exact) mass is 578 g/mol. The fourth-order valence-electron chi connectivity index (χ4n) is 4.33. The van der Waals surface area contributed by atoms with Gasteiger partial charge in [0.25, 0.3) is 0 Å². The Morgan fingerprint density at radius 3 is 2.08 bits per heavy atom. The molecule has 5 atom stereocenters. The molecule has 5 unspecified atom stereocenters. The van der Waals surface area contributed by atoms with Crippen LogP contribution >= 0.6 is 11.8 Å². The molecule has 1 fully saturated rings. The first kappa shape index (κ1) is 30.6. The van der Waals surface area contributed by atoms with Gasteiger partial charge in [0.2, 0.25) is 5.91 Å². The van der Waals surface area contributed by atoms with Gasteiger partial charge in [-0.15, -0.1) is 0 Å². The molecule has 0 radical (unpaired) electrons. The van der Waals surface area contributed by atoms with E-state index in [1.54, 1.807) is 24.4 Å². The second kappa shape index (κ2) is 13.4. The van der Waals surface area contributed by atoms with Crippen LogP contribution in [-0.4, -0.2) is 81.1 Å². The minimum absolute atomic E-state index is 0.0504. The summed E-state index contributed by atoms with van der Waals surface area (Å²) in [5.74, 6) is -3.10. The number of oxime groups is 1. The summed E-state index contributed by atoms with van der Waals surface area (Å²) in [6.45, 7) is 5.60. The van der Waals surface area contributed by atoms with Crippen molar-refractivity contribution in [3.63, 3.8) is 0 Å². The third kappa shape index (κ3) is 7.60. The average molecular weight is 579 g/mol. The number of fused-ring (bicyclic) bond motifs is 1. The van der Waals surface area contributed by atoms with Crippen molar-refractivity contribution in [2.75, 3.05) is 6.61 Å².